The molecule has 1 heterocycles. The number of hydrogen-bond acceptors (Lipinski definition) is 4. The molecule has 2 unspecified atom stereocenters. The van der Waals surface area contributed by atoms with Gasteiger partial charge in [0.1, 0.15) is 6.04 Å². The molecule has 0 spiro atoms. The average molecular weight is 293 g/mol. The summed E-state index contributed by atoms with van der Waals surface area (Å²) < 4.78 is 0.975. The molecule has 3 N–H and O–H groups in total. The van der Waals surface area contributed by atoms with Crippen LogP contribution in [-0.4, -0.2) is 31.2 Å². The maximum atomic E-state index is 11.0. The first-order valence-corrected chi connectivity index (χ1v) is 6.08. The number of carboxylic acids is 1. The maximum absolute atomic E-state index is 11.0. The molecule has 0 aromatic carbocycles. The summed E-state index contributed by atoms with van der Waals surface area (Å²) >= 11 is 4.88. The molecule has 1 rings (SSSR count). The highest BCUT2D eigenvalue weighted by molar-refractivity contribution is 9.10. The highest BCUT2D eigenvalue weighted by Gasteiger charge is 2.27. The first kappa shape index (κ1) is 12.6. The molecule has 15 heavy (non-hydrogen) atoms. The smallest absolute Gasteiger partial charge is 0.322 e. The molecule has 0 fully saturated rings. The van der Waals surface area contributed by atoms with Gasteiger partial charge >= 0.3 is 5.97 Å². The van der Waals surface area contributed by atoms with Crippen LogP contribution < -0.4 is 10.6 Å². The molecule has 1 aromatic heterocycles. The molecule has 0 aliphatic rings. The molecular weight excluding hydrogens is 280 g/mol. The summed E-state index contributed by atoms with van der Waals surface area (Å²) in [5.41, 5.74) is 0. The normalized spacial score (nSPS) is 14.9. The summed E-state index contributed by atoms with van der Waals surface area (Å²) in [6.07, 6.45) is 0. The van der Waals surface area contributed by atoms with E-state index >= 15 is 0 Å². The van der Waals surface area contributed by atoms with Crippen LogP contribution in [0, 0.1) is 0 Å². The lowest BCUT2D eigenvalue weighted by atomic mass is 10.1. The number of thiophene rings is 1. The largest absolute Gasteiger partial charge is 0.480 e. The van der Waals surface area contributed by atoms with E-state index in [4.69, 9.17) is 5.11 Å². The van der Waals surface area contributed by atoms with Gasteiger partial charge in [-0.2, -0.15) is 0 Å². The van der Waals surface area contributed by atoms with Crippen LogP contribution in [0.2, 0.25) is 0 Å². The fourth-order valence-electron chi connectivity index (χ4n) is 1.40. The monoisotopic (exact) mass is 292 g/mol. The Morgan fingerprint density at radius 2 is 2.20 bits per heavy atom. The highest BCUT2D eigenvalue weighted by atomic mass is 79.9. The van der Waals surface area contributed by atoms with Gasteiger partial charge in [0.05, 0.1) is 6.04 Å². The van der Waals surface area contributed by atoms with Gasteiger partial charge in [-0.05, 0) is 36.1 Å². The Balaban J connectivity index is 2.91. The van der Waals surface area contributed by atoms with Gasteiger partial charge in [0.2, 0.25) is 0 Å². The number of halogens is 1. The van der Waals surface area contributed by atoms with Crippen molar-refractivity contribution in [1.82, 2.24) is 10.6 Å². The second-order valence-electron chi connectivity index (χ2n) is 3.04. The van der Waals surface area contributed by atoms with Crippen molar-refractivity contribution in [3.63, 3.8) is 0 Å². The predicted octanol–water partition coefficient (Wildman–Crippen LogP) is 1.44. The fourth-order valence-corrected chi connectivity index (χ4v) is 2.99. The summed E-state index contributed by atoms with van der Waals surface area (Å²) in [6, 6.07) is 1.09. The summed E-state index contributed by atoms with van der Waals surface area (Å²) in [5.74, 6) is -0.860. The van der Waals surface area contributed by atoms with Crippen molar-refractivity contribution in [2.24, 2.45) is 0 Å². The van der Waals surface area contributed by atoms with Crippen molar-refractivity contribution in [2.75, 3.05) is 14.1 Å². The Hall–Kier alpha value is -0.430. The van der Waals surface area contributed by atoms with Gasteiger partial charge in [-0.3, -0.25) is 4.79 Å². The van der Waals surface area contributed by atoms with E-state index in [2.05, 4.69) is 26.6 Å². The zero-order valence-corrected chi connectivity index (χ0v) is 10.9. The Morgan fingerprint density at radius 3 is 2.53 bits per heavy atom. The standard InChI is InChI=1S/C9H13BrN2O2S/c1-11-7(8(12-2)9(13)14)6-3-5(10)4-15-6/h3-4,7-8,11-12H,1-2H3,(H,13,14). The van der Waals surface area contributed by atoms with E-state index in [1.165, 1.54) is 11.3 Å². The van der Waals surface area contributed by atoms with E-state index < -0.39 is 12.0 Å². The van der Waals surface area contributed by atoms with Gasteiger partial charge in [-0.1, -0.05) is 0 Å². The molecular formula is C9H13BrN2O2S. The Bertz CT molecular complexity index is 343. The topological polar surface area (TPSA) is 61.4 Å². The summed E-state index contributed by atoms with van der Waals surface area (Å²) in [4.78, 5) is 12.0. The molecule has 0 saturated heterocycles. The average Bonchev–Trinajstić information content (AvgIpc) is 2.60. The molecule has 2 atom stereocenters. The van der Waals surface area contributed by atoms with E-state index in [1.54, 1.807) is 14.1 Å². The van der Waals surface area contributed by atoms with Gasteiger partial charge in [-0.15, -0.1) is 11.3 Å². The van der Waals surface area contributed by atoms with Crippen LogP contribution in [0.1, 0.15) is 10.9 Å². The first-order valence-electron chi connectivity index (χ1n) is 4.41. The number of likely N-dealkylation sites (N-methyl/N-ethyl adjacent to an activating group) is 2. The van der Waals surface area contributed by atoms with Crippen molar-refractivity contribution >= 4 is 33.2 Å². The number of nitrogens with one attached hydrogen (secondary N) is 2. The lowest BCUT2D eigenvalue weighted by Crippen LogP contribution is -2.44. The Kier molecular flexibility index (Phi) is 4.72. The third-order valence-electron chi connectivity index (χ3n) is 2.12. The molecule has 84 valence electrons. The zero-order chi connectivity index (χ0) is 11.4. The molecule has 0 bridgehead atoms. The molecule has 0 amide bonds. The molecule has 0 aliphatic carbocycles. The summed E-state index contributed by atoms with van der Waals surface area (Å²) in [6.45, 7) is 0. The number of carboxylic acid groups (broad SMARTS) is 1. The lowest BCUT2D eigenvalue weighted by Gasteiger charge is -2.21. The number of rotatable bonds is 5. The molecule has 6 heteroatoms. The van der Waals surface area contributed by atoms with Crippen molar-refractivity contribution in [3.05, 3.63) is 20.8 Å². The van der Waals surface area contributed by atoms with Gasteiger partial charge < -0.3 is 15.7 Å². The van der Waals surface area contributed by atoms with Crippen LogP contribution in [0.25, 0.3) is 0 Å². The van der Waals surface area contributed by atoms with E-state index in [9.17, 15) is 4.79 Å². The first-order chi connectivity index (χ1) is 7.10. The third kappa shape index (κ3) is 3.01. The maximum Gasteiger partial charge on any atom is 0.322 e. The van der Waals surface area contributed by atoms with Crippen LogP contribution in [0.15, 0.2) is 15.9 Å². The summed E-state index contributed by atoms with van der Waals surface area (Å²) in [7, 11) is 3.40. The zero-order valence-electron chi connectivity index (χ0n) is 8.45. The van der Waals surface area contributed by atoms with Crippen LogP contribution in [0.5, 0.6) is 0 Å². The number of hydrogen-bond donors (Lipinski definition) is 3. The van der Waals surface area contributed by atoms with Crippen molar-refractivity contribution in [3.8, 4) is 0 Å². The van der Waals surface area contributed by atoms with E-state index in [0.29, 0.717) is 0 Å². The van der Waals surface area contributed by atoms with Crippen LogP contribution >= 0.6 is 27.3 Å². The van der Waals surface area contributed by atoms with E-state index in [1.807, 2.05) is 11.4 Å². The second-order valence-corrected chi connectivity index (χ2v) is 4.90. The van der Waals surface area contributed by atoms with Gasteiger partial charge in [0.25, 0.3) is 0 Å². The minimum absolute atomic E-state index is 0.219. The molecule has 0 saturated carbocycles. The number of carbonyl (C=O) groups is 1. The highest BCUT2D eigenvalue weighted by Crippen LogP contribution is 2.27. The van der Waals surface area contributed by atoms with Crippen LogP contribution in [-0.2, 0) is 4.79 Å². The lowest BCUT2D eigenvalue weighted by molar-refractivity contribution is -0.140. The van der Waals surface area contributed by atoms with Gasteiger partial charge in [0.15, 0.2) is 0 Å². The van der Waals surface area contributed by atoms with Crippen LogP contribution in [0.4, 0.5) is 0 Å². The third-order valence-corrected chi connectivity index (χ3v) is 3.89. The van der Waals surface area contributed by atoms with E-state index in [0.717, 1.165) is 9.35 Å². The van der Waals surface area contributed by atoms with Crippen molar-refractivity contribution in [1.29, 1.82) is 0 Å². The second kappa shape index (κ2) is 5.60. The SMILES string of the molecule is CNC(C(=O)O)C(NC)c1cc(Br)cs1. The molecule has 0 aliphatic heterocycles. The van der Waals surface area contributed by atoms with Gasteiger partial charge in [0, 0.05) is 14.7 Å². The molecule has 1 aromatic rings. The predicted molar refractivity (Wildman–Crippen MR) is 64.3 cm³/mol. The minimum atomic E-state index is -0.860. The van der Waals surface area contributed by atoms with Crippen LogP contribution in [0.3, 0.4) is 0 Å². The Labute approximate surface area is 101 Å². The molecule has 4 nitrogen and oxygen atoms in total. The summed E-state index contributed by atoms with van der Waals surface area (Å²) in [5, 5.41) is 16.8. The van der Waals surface area contributed by atoms with Crippen molar-refractivity contribution < 1.29 is 9.90 Å². The number of aliphatic carboxylic acids is 1. The fraction of sp³-hybridized carbons (Fsp3) is 0.444. The van der Waals surface area contributed by atoms with Gasteiger partial charge in [-0.25, -0.2) is 0 Å². The minimum Gasteiger partial charge on any atom is -0.480 e. The van der Waals surface area contributed by atoms with Crippen molar-refractivity contribution in [2.45, 2.75) is 12.1 Å². The van der Waals surface area contributed by atoms with E-state index in [-0.39, 0.29) is 6.04 Å². The molecule has 0 radical (unpaired) electrons. The Morgan fingerprint density at radius 1 is 1.53 bits per heavy atom. The quantitative estimate of drug-likeness (QED) is 0.769.